The molecule has 0 spiro atoms. The summed E-state index contributed by atoms with van der Waals surface area (Å²) >= 11 is 1.61. The molecule has 2 aromatic rings. The number of aromatic nitrogens is 1. The van der Waals surface area contributed by atoms with Crippen molar-refractivity contribution in [3.05, 3.63) is 39.8 Å². The van der Waals surface area contributed by atoms with Crippen molar-refractivity contribution < 1.29 is 9.53 Å². The summed E-state index contributed by atoms with van der Waals surface area (Å²) in [5.74, 6) is 0.611. The van der Waals surface area contributed by atoms with Gasteiger partial charge in [-0.15, -0.1) is 11.3 Å². The molecule has 1 amide bonds. The van der Waals surface area contributed by atoms with E-state index in [1.165, 1.54) is 0 Å². The topological polar surface area (TPSA) is 63.2 Å². The maximum Gasteiger partial charge on any atom is 0.255 e. The van der Waals surface area contributed by atoms with E-state index in [2.05, 4.69) is 22.5 Å². The van der Waals surface area contributed by atoms with Gasteiger partial charge < -0.3 is 15.4 Å². The van der Waals surface area contributed by atoms with Crippen molar-refractivity contribution in [1.29, 1.82) is 0 Å². The normalized spacial score (nSPS) is 16.9. The Balaban J connectivity index is 1.86. The summed E-state index contributed by atoms with van der Waals surface area (Å²) in [7, 11) is 0. The van der Waals surface area contributed by atoms with Crippen LogP contribution >= 0.6 is 11.3 Å². The summed E-state index contributed by atoms with van der Waals surface area (Å²) in [5, 5.41) is 7.36. The number of carbonyl (C=O) groups is 1. The van der Waals surface area contributed by atoms with Crippen LogP contribution in [0, 0.1) is 0 Å². The number of amides is 1. The Labute approximate surface area is 127 Å². The zero-order chi connectivity index (χ0) is 14.8. The van der Waals surface area contributed by atoms with Crippen LogP contribution in [0.25, 0.3) is 0 Å². The van der Waals surface area contributed by atoms with E-state index in [4.69, 9.17) is 4.74 Å². The number of benzene rings is 1. The van der Waals surface area contributed by atoms with Crippen LogP contribution in [0.1, 0.15) is 40.3 Å². The molecule has 1 aliphatic rings. The zero-order valence-electron chi connectivity index (χ0n) is 12.0. The summed E-state index contributed by atoms with van der Waals surface area (Å²) in [5.41, 5.74) is 1.43. The highest BCUT2D eigenvalue weighted by Crippen LogP contribution is 2.31. The van der Waals surface area contributed by atoms with Gasteiger partial charge in [-0.05, 0) is 31.5 Å². The van der Waals surface area contributed by atoms with Crippen LogP contribution in [-0.4, -0.2) is 17.5 Å². The number of ether oxygens (including phenoxy) is 1. The first kappa shape index (κ1) is 13.9. The first-order chi connectivity index (χ1) is 10.2. The van der Waals surface area contributed by atoms with Gasteiger partial charge in [-0.25, -0.2) is 4.98 Å². The molecule has 3 rings (SSSR count). The zero-order valence-corrected chi connectivity index (χ0v) is 12.8. The number of nitrogens with zero attached hydrogens (tertiary/aromatic N) is 1. The second kappa shape index (κ2) is 5.73. The molecule has 21 heavy (non-hydrogen) atoms. The average molecular weight is 303 g/mol. The molecule has 110 valence electrons. The van der Waals surface area contributed by atoms with Gasteiger partial charge in [0.25, 0.3) is 5.91 Å². The number of carbonyl (C=O) groups excluding carboxylic acids is 1. The molecular formula is C15H17N3O2S. The standard InChI is InChI=1S/C15H17N3O2S/c1-3-13-16-8-12(21-13)14-17-11-6-5-9(20-4-2)7-10(11)15(19)18-14/h5-8,14,17H,3-4H2,1-2H3,(H,18,19)/t14-/m0/s1. The Morgan fingerprint density at radius 3 is 2.90 bits per heavy atom. The largest absolute Gasteiger partial charge is 0.494 e. The molecule has 5 nitrogen and oxygen atoms in total. The lowest BCUT2D eigenvalue weighted by atomic mass is 10.1. The Kier molecular flexibility index (Phi) is 3.79. The number of hydrogen-bond acceptors (Lipinski definition) is 5. The van der Waals surface area contributed by atoms with Crippen LogP contribution < -0.4 is 15.4 Å². The van der Waals surface area contributed by atoms with Gasteiger partial charge in [0, 0.05) is 11.9 Å². The molecule has 0 saturated carbocycles. The van der Waals surface area contributed by atoms with E-state index in [0.717, 1.165) is 22.0 Å². The number of aryl methyl sites for hydroxylation is 1. The molecule has 0 saturated heterocycles. The van der Waals surface area contributed by atoms with E-state index in [9.17, 15) is 4.79 Å². The summed E-state index contributed by atoms with van der Waals surface area (Å²) in [6.07, 6.45) is 2.50. The molecule has 2 heterocycles. The van der Waals surface area contributed by atoms with Gasteiger partial charge in [-0.2, -0.15) is 0 Å². The van der Waals surface area contributed by atoms with Crippen molar-refractivity contribution >= 4 is 22.9 Å². The molecule has 6 heteroatoms. The molecule has 1 aromatic heterocycles. The van der Waals surface area contributed by atoms with Crippen molar-refractivity contribution in [3.63, 3.8) is 0 Å². The summed E-state index contributed by atoms with van der Waals surface area (Å²) in [4.78, 5) is 17.6. The van der Waals surface area contributed by atoms with Gasteiger partial charge in [-0.1, -0.05) is 6.92 Å². The average Bonchev–Trinajstić information content (AvgIpc) is 2.97. The van der Waals surface area contributed by atoms with Gasteiger partial charge >= 0.3 is 0 Å². The Morgan fingerprint density at radius 2 is 2.19 bits per heavy atom. The lowest BCUT2D eigenvalue weighted by Gasteiger charge is -2.27. The number of nitrogens with one attached hydrogen (secondary N) is 2. The number of thiazole rings is 1. The minimum atomic E-state index is -0.222. The predicted molar refractivity (Wildman–Crippen MR) is 82.9 cm³/mol. The summed E-state index contributed by atoms with van der Waals surface area (Å²) in [6, 6.07) is 5.52. The number of anilines is 1. The van der Waals surface area contributed by atoms with Crippen molar-refractivity contribution in [2.45, 2.75) is 26.4 Å². The quantitative estimate of drug-likeness (QED) is 0.911. The third kappa shape index (κ3) is 2.71. The third-order valence-electron chi connectivity index (χ3n) is 3.28. The molecule has 0 radical (unpaired) electrons. The fraction of sp³-hybridized carbons (Fsp3) is 0.333. The number of rotatable bonds is 4. The molecule has 1 aromatic carbocycles. The van der Waals surface area contributed by atoms with Gasteiger partial charge in [0.1, 0.15) is 11.9 Å². The predicted octanol–water partition coefficient (Wildman–Crippen LogP) is 2.96. The van der Waals surface area contributed by atoms with Crippen LogP contribution in [0.15, 0.2) is 24.4 Å². The Bertz CT molecular complexity index is 669. The third-order valence-corrected chi connectivity index (χ3v) is 4.49. The Hall–Kier alpha value is -2.08. The summed E-state index contributed by atoms with van der Waals surface area (Å²) < 4.78 is 5.43. The van der Waals surface area contributed by atoms with Crippen LogP contribution in [0.5, 0.6) is 5.75 Å². The Morgan fingerprint density at radius 1 is 1.33 bits per heavy atom. The smallest absolute Gasteiger partial charge is 0.255 e. The van der Waals surface area contributed by atoms with Crippen molar-refractivity contribution in [2.24, 2.45) is 0 Å². The van der Waals surface area contributed by atoms with E-state index < -0.39 is 0 Å². The molecule has 1 atom stereocenters. The second-order valence-electron chi connectivity index (χ2n) is 4.70. The van der Waals surface area contributed by atoms with Crippen LogP contribution in [0.2, 0.25) is 0 Å². The lowest BCUT2D eigenvalue weighted by Crippen LogP contribution is -2.38. The molecule has 2 N–H and O–H groups in total. The number of fused-ring (bicyclic) bond motifs is 1. The second-order valence-corrected chi connectivity index (χ2v) is 5.85. The maximum absolute atomic E-state index is 12.3. The van der Waals surface area contributed by atoms with E-state index >= 15 is 0 Å². The van der Waals surface area contributed by atoms with Crippen LogP contribution in [0.4, 0.5) is 5.69 Å². The number of hydrogen-bond donors (Lipinski definition) is 2. The monoisotopic (exact) mass is 303 g/mol. The van der Waals surface area contributed by atoms with E-state index in [1.54, 1.807) is 17.4 Å². The SMILES string of the molecule is CCOc1ccc2c(c1)C(=O)N[C@@H](c1cnc(CC)s1)N2. The van der Waals surface area contributed by atoms with Gasteiger partial charge in [0.05, 0.1) is 22.1 Å². The van der Waals surface area contributed by atoms with Crippen LogP contribution in [-0.2, 0) is 6.42 Å². The minimum absolute atomic E-state index is 0.0956. The molecule has 0 bridgehead atoms. The van der Waals surface area contributed by atoms with Crippen molar-refractivity contribution in [1.82, 2.24) is 10.3 Å². The summed E-state index contributed by atoms with van der Waals surface area (Å²) in [6.45, 7) is 4.57. The van der Waals surface area contributed by atoms with Crippen LogP contribution in [0.3, 0.4) is 0 Å². The first-order valence-electron chi connectivity index (χ1n) is 7.00. The molecule has 0 unspecified atom stereocenters. The molecule has 0 aliphatic carbocycles. The van der Waals surface area contributed by atoms with Gasteiger partial charge in [0.2, 0.25) is 0 Å². The first-order valence-corrected chi connectivity index (χ1v) is 7.81. The van der Waals surface area contributed by atoms with Crippen molar-refractivity contribution in [2.75, 3.05) is 11.9 Å². The lowest BCUT2D eigenvalue weighted by molar-refractivity contribution is 0.0936. The highest BCUT2D eigenvalue weighted by Gasteiger charge is 2.26. The molecule has 1 aliphatic heterocycles. The minimum Gasteiger partial charge on any atom is -0.494 e. The highest BCUT2D eigenvalue weighted by molar-refractivity contribution is 7.11. The maximum atomic E-state index is 12.3. The van der Waals surface area contributed by atoms with E-state index in [-0.39, 0.29) is 12.1 Å². The van der Waals surface area contributed by atoms with Gasteiger partial charge in [-0.3, -0.25) is 4.79 Å². The van der Waals surface area contributed by atoms with E-state index in [1.807, 2.05) is 25.3 Å². The fourth-order valence-electron chi connectivity index (χ4n) is 2.26. The van der Waals surface area contributed by atoms with Crippen molar-refractivity contribution in [3.8, 4) is 5.75 Å². The highest BCUT2D eigenvalue weighted by atomic mass is 32.1. The van der Waals surface area contributed by atoms with Gasteiger partial charge in [0.15, 0.2) is 0 Å². The molecular weight excluding hydrogens is 286 g/mol. The fourth-order valence-corrected chi connectivity index (χ4v) is 3.12. The molecule has 0 fully saturated rings. The van der Waals surface area contributed by atoms with E-state index in [0.29, 0.717) is 17.9 Å².